The minimum atomic E-state index is -0.531. The molecule has 0 heterocycles. The zero-order chi connectivity index (χ0) is 10.0. The van der Waals surface area contributed by atoms with Crippen molar-refractivity contribution < 1.29 is 10.2 Å². The fourth-order valence-corrected chi connectivity index (χ4v) is 1.44. The summed E-state index contributed by atoms with van der Waals surface area (Å²) in [5.41, 5.74) is 7.08. The van der Waals surface area contributed by atoms with Crippen LogP contribution in [0.5, 0.6) is 5.75 Å². The number of hydrogen-bond acceptors (Lipinski definition) is 3. The highest BCUT2D eigenvalue weighted by Gasteiger charge is 2.11. The van der Waals surface area contributed by atoms with Gasteiger partial charge in [-0.2, -0.15) is 0 Å². The maximum absolute atomic E-state index is 9.51. The van der Waals surface area contributed by atoms with Crippen molar-refractivity contribution in [3.05, 3.63) is 27.7 Å². The molecule has 0 amide bonds. The SMILES string of the molecule is Cc1cc(O)c([C@H](N)CO)cc1Br. The highest BCUT2D eigenvalue weighted by atomic mass is 79.9. The molecule has 13 heavy (non-hydrogen) atoms. The molecule has 0 aromatic heterocycles. The van der Waals surface area contributed by atoms with E-state index < -0.39 is 6.04 Å². The molecule has 1 atom stereocenters. The third-order valence-electron chi connectivity index (χ3n) is 1.90. The van der Waals surface area contributed by atoms with Crippen LogP contribution < -0.4 is 5.73 Å². The van der Waals surface area contributed by atoms with Gasteiger partial charge in [-0.05, 0) is 24.6 Å². The molecule has 0 fully saturated rings. The summed E-state index contributed by atoms with van der Waals surface area (Å²) in [5.74, 6) is 0.127. The van der Waals surface area contributed by atoms with Crippen LogP contribution in [0.15, 0.2) is 16.6 Å². The zero-order valence-corrected chi connectivity index (χ0v) is 8.87. The third kappa shape index (κ3) is 2.21. The van der Waals surface area contributed by atoms with Crippen molar-refractivity contribution in [2.75, 3.05) is 6.61 Å². The predicted octanol–water partition coefficient (Wildman–Crippen LogP) is 1.46. The Bertz CT molecular complexity index is 315. The molecule has 0 unspecified atom stereocenters. The zero-order valence-electron chi connectivity index (χ0n) is 7.29. The number of nitrogens with two attached hydrogens (primary N) is 1. The van der Waals surface area contributed by atoms with Crippen molar-refractivity contribution >= 4 is 15.9 Å². The van der Waals surface area contributed by atoms with E-state index in [1.165, 1.54) is 0 Å². The average molecular weight is 246 g/mol. The Morgan fingerprint density at radius 1 is 1.54 bits per heavy atom. The van der Waals surface area contributed by atoms with E-state index in [0.29, 0.717) is 5.56 Å². The summed E-state index contributed by atoms with van der Waals surface area (Å²) < 4.78 is 0.879. The predicted molar refractivity (Wildman–Crippen MR) is 54.6 cm³/mol. The molecule has 1 rings (SSSR count). The molecule has 0 spiro atoms. The van der Waals surface area contributed by atoms with Gasteiger partial charge in [0.05, 0.1) is 12.6 Å². The van der Waals surface area contributed by atoms with Crippen LogP contribution in [0.1, 0.15) is 17.2 Å². The number of halogens is 1. The average Bonchev–Trinajstić information content (AvgIpc) is 2.10. The quantitative estimate of drug-likeness (QED) is 0.739. The van der Waals surface area contributed by atoms with Gasteiger partial charge in [0.15, 0.2) is 0 Å². The van der Waals surface area contributed by atoms with Crippen molar-refractivity contribution in [2.45, 2.75) is 13.0 Å². The number of aliphatic hydroxyl groups is 1. The van der Waals surface area contributed by atoms with Gasteiger partial charge in [-0.15, -0.1) is 0 Å². The number of aryl methyl sites for hydroxylation is 1. The first-order chi connectivity index (χ1) is 6.06. The van der Waals surface area contributed by atoms with Crippen molar-refractivity contribution in [2.24, 2.45) is 5.73 Å². The van der Waals surface area contributed by atoms with Gasteiger partial charge in [-0.1, -0.05) is 15.9 Å². The number of phenols is 1. The van der Waals surface area contributed by atoms with Crippen LogP contribution in [0.25, 0.3) is 0 Å². The van der Waals surface area contributed by atoms with Crippen molar-refractivity contribution in [3.8, 4) is 5.75 Å². The first-order valence-electron chi connectivity index (χ1n) is 3.91. The smallest absolute Gasteiger partial charge is 0.120 e. The van der Waals surface area contributed by atoms with Gasteiger partial charge in [0.1, 0.15) is 5.75 Å². The second-order valence-electron chi connectivity index (χ2n) is 2.95. The number of rotatable bonds is 2. The fourth-order valence-electron chi connectivity index (χ4n) is 1.08. The molecule has 0 radical (unpaired) electrons. The minimum absolute atomic E-state index is 0.127. The molecule has 0 saturated heterocycles. The highest BCUT2D eigenvalue weighted by molar-refractivity contribution is 9.10. The van der Waals surface area contributed by atoms with E-state index in [2.05, 4.69) is 15.9 Å². The van der Waals surface area contributed by atoms with Crippen LogP contribution in [-0.4, -0.2) is 16.8 Å². The Morgan fingerprint density at radius 2 is 2.15 bits per heavy atom. The third-order valence-corrected chi connectivity index (χ3v) is 2.76. The van der Waals surface area contributed by atoms with Crippen LogP contribution in [0.4, 0.5) is 0 Å². The number of aromatic hydroxyl groups is 1. The molecule has 1 aromatic carbocycles. The largest absolute Gasteiger partial charge is 0.508 e. The summed E-state index contributed by atoms with van der Waals surface area (Å²) >= 11 is 3.33. The summed E-state index contributed by atoms with van der Waals surface area (Å²) in [6.07, 6.45) is 0. The first-order valence-corrected chi connectivity index (χ1v) is 4.71. The summed E-state index contributed by atoms with van der Waals surface area (Å²) in [4.78, 5) is 0. The van der Waals surface area contributed by atoms with Crippen LogP contribution in [0.3, 0.4) is 0 Å². The van der Waals surface area contributed by atoms with E-state index >= 15 is 0 Å². The van der Waals surface area contributed by atoms with E-state index in [1.54, 1.807) is 12.1 Å². The molecule has 0 aliphatic rings. The maximum atomic E-state index is 9.51. The minimum Gasteiger partial charge on any atom is -0.508 e. The van der Waals surface area contributed by atoms with Crippen LogP contribution in [-0.2, 0) is 0 Å². The number of phenolic OH excluding ortho intramolecular Hbond substituents is 1. The van der Waals surface area contributed by atoms with E-state index in [9.17, 15) is 5.11 Å². The lowest BCUT2D eigenvalue weighted by Crippen LogP contribution is -2.14. The molecule has 4 N–H and O–H groups in total. The normalized spacial score (nSPS) is 12.9. The van der Waals surface area contributed by atoms with Gasteiger partial charge < -0.3 is 15.9 Å². The maximum Gasteiger partial charge on any atom is 0.120 e. The van der Waals surface area contributed by atoms with Gasteiger partial charge in [-0.3, -0.25) is 0 Å². The highest BCUT2D eigenvalue weighted by Crippen LogP contribution is 2.29. The molecule has 3 nitrogen and oxygen atoms in total. The summed E-state index contributed by atoms with van der Waals surface area (Å²) in [7, 11) is 0. The van der Waals surface area contributed by atoms with Gasteiger partial charge >= 0.3 is 0 Å². The van der Waals surface area contributed by atoms with Crippen LogP contribution in [0.2, 0.25) is 0 Å². The van der Waals surface area contributed by atoms with Crippen molar-refractivity contribution in [1.82, 2.24) is 0 Å². The monoisotopic (exact) mass is 245 g/mol. The Labute approximate surface area is 85.3 Å². The van der Waals surface area contributed by atoms with Gasteiger partial charge in [0.2, 0.25) is 0 Å². The summed E-state index contributed by atoms with van der Waals surface area (Å²) in [5, 5.41) is 18.3. The lowest BCUT2D eigenvalue weighted by molar-refractivity contribution is 0.265. The number of hydrogen-bond donors (Lipinski definition) is 3. The van der Waals surface area contributed by atoms with Crippen LogP contribution >= 0.6 is 15.9 Å². The lowest BCUT2D eigenvalue weighted by atomic mass is 10.1. The van der Waals surface area contributed by atoms with Crippen molar-refractivity contribution in [3.63, 3.8) is 0 Å². The van der Waals surface area contributed by atoms with E-state index in [4.69, 9.17) is 10.8 Å². The molecule has 0 bridgehead atoms. The Balaban J connectivity index is 3.15. The molecular weight excluding hydrogens is 234 g/mol. The summed E-state index contributed by atoms with van der Waals surface area (Å²) in [6.45, 7) is 1.70. The number of aliphatic hydroxyl groups excluding tert-OH is 1. The molecule has 0 saturated carbocycles. The number of benzene rings is 1. The molecule has 72 valence electrons. The fraction of sp³-hybridized carbons (Fsp3) is 0.333. The van der Waals surface area contributed by atoms with Gasteiger partial charge in [0, 0.05) is 10.0 Å². The van der Waals surface area contributed by atoms with E-state index in [0.717, 1.165) is 10.0 Å². The Kier molecular flexibility index (Phi) is 3.30. The van der Waals surface area contributed by atoms with E-state index in [-0.39, 0.29) is 12.4 Å². The molecule has 4 heteroatoms. The Hall–Kier alpha value is -0.580. The topological polar surface area (TPSA) is 66.5 Å². The lowest BCUT2D eigenvalue weighted by Gasteiger charge is -2.12. The van der Waals surface area contributed by atoms with Gasteiger partial charge in [0.25, 0.3) is 0 Å². The first kappa shape index (κ1) is 10.5. The van der Waals surface area contributed by atoms with E-state index in [1.807, 2.05) is 6.92 Å². The Morgan fingerprint density at radius 3 is 2.69 bits per heavy atom. The van der Waals surface area contributed by atoms with Gasteiger partial charge in [-0.25, -0.2) is 0 Å². The molecule has 0 aliphatic heterocycles. The van der Waals surface area contributed by atoms with Crippen molar-refractivity contribution in [1.29, 1.82) is 0 Å². The molecular formula is C9H12BrNO2. The van der Waals surface area contributed by atoms with Crippen LogP contribution in [0, 0.1) is 6.92 Å². The summed E-state index contributed by atoms with van der Waals surface area (Å²) in [6, 6.07) is 2.82. The second-order valence-corrected chi connectivity index (χ2v) is 3.80. The molecule has 0 aliphatic carbocycles. The molecule has 1 aromatic rings. The standard InChI is InChI=1S/C9H12BrNO2/c1-5-2-9(13)6(3-7(5)10)8(11)4-12/h2-3,8,12-13H,4,11H2,1H3/t8-/m1/s1. The second kappa shape index (κ2) is 4.09.